The number of benzene rings is 1. The lowest BCUT2D eigenvalue weighted by atomic mass is 9.86. The average molecular weight is 279 g/mol. The van der Waals surface area contributed by atoms with Gasteiger partial charge in [0.2, 0.25) is 0 Å². The number of ether oxygens (including phenoxy) is 2. The van der Waals surface area contributed by atoms with Crippen LogP contribution in [-0.4, -0.2) is 26.0 Å². The molecule has 4 heteroatoms. The minimum absolute atomic E-state index is 0.0303. The molecule has 1 rings (SSSR count). The first-order valence-electron chi connectivity index (χ1n) is 6.77. The van der Waals surface area contributed by atoms with Crippen LogP contribution in [0.15, 0.2) is 18.2 Å². The Labute approximate surface area is 121 Å². The summed E-state index contributed by atoms with van der Waals surface area (Å²) in [5.41, 5.74) is 6.77. The van der Waals surface area contributed by atoms with E-state index in [0.29, 0.717) is 23.5 Å². The second-order valence-electron chi connectivity index (χ2n) is 6.22. The Morgan fingerprint density at radius 3 is 2.30 bits per heavy atom. The van der Waals surface area contributed by atoms with Gasteiger partial charge in [0, 0.05) is 18.0 Å². The van der Waals surface area contributed by atoms with Crippen LogP contribution in [0.25, 0.3) is 0 Å². The molecular weight excluding hydrogens is 254 g/mol. The molecule has 0 saturated carbocycles. The molecule has 0 amide bonds. The molecule has 0 heterocycles. The lowest BCUT2D eigenvalue weighted by Crippen LogP contribution is -2.29. The highest BCUT2D eigenvalue weighted by molar-refractivity contribution is 5.97. The van der Waals surface area contributed by atoms with Gasteiger partial charge in [0.25, 0.3) is 0 Å². The van der Waals surface area contributed by atoms with E-state index in [1.54, 1.807) is 32.4 Å². The summed E-state index contributed by atoms with van der Waals surface area (Å²) in [6.07, 6.45) is 1.15. The molecule has 4 nitrogen and oxygen atoms in total. The monoisotopic (exact) mass is 279 g/mol. The Kier molecular flexibility index (Phi) is 5.57. The van der Waals surface area contributed by atoms with E-state index in [4.69, 9.17) is 15.2 Å². The van der Waals surface area contributed by atoms with Crippen molar-refractivity contribution in [3.63, 3.8) is 0 Å². The van der Waals surface area contributed by atoms with Gasteiger partial charge in [-0.15, -0.1) is 0 Å². The van der Waals surface area contributed by atoms with Crippen molar-refractivity contribution in [3.05, 3.63) is 23.8 Å². The molecule has 0 aliphatic carbocycles. The van der Waals surface area contributed by atoms with Crippen molar-refractivity contribution in [1.82, 2.24) is 0 Å². The number of carbonyl (C=O) groups excluding carboxylic acids is 1. The standard InChI is InChI=1S/C16H25NO3/c1-16(2,3)10-12(17)9-13(18)11-6-7-14(19-4)15(8-11)20-5/h6-8,12H,9-10,17H2,1-5H3. The number of methoxy groups -OCH3 is 2. The molecule has 0 saturated heterocycles. The van der Waals surface area contributed by atoms with E-state index in [1.807, 2.05) is 0 Å². The molecule has 1 unspecified atom stereocenters. The molecule has 1 aromatic rings. The molecule has 0 spiro atoms. The van der Waals surface area contributed by atoms with Crippen LogP contribution < -0.4 is 15.2 Å². The van der Waals surface area contributed by atoms with E-state index in [0.717, 1.165) is 6.42 Å². The molecule has 0 bridgehead atoms. The van der Waals surface area contributed by atoms with Crippen LogP contribution in [0.5, 0.6) is 11.5 Å². The Hall–Kier alpha value is -1.55. The van der Waals surface area contributed by atoms with Crippen LogP contribution in [0.4, 0.5) is 0 Å². The fourth-order valence-corrected chi connectivity index (χ4v) is 2.22. The summed E-state index contributed by atoms with van der Waals surface area (Å²) < 4.78 is 10.4. The fourth-order valence-electron chi connectivity index (χ4n) is 2.22. The van der Waals surface area contributed by atoms with Crippen molar-refractivity contribution in [2.45, 2.75) is 39.7 Å². The van der Waals surface area contributed by atoms with E-state index in [1.165, 1.54) is 0 Å². The molecule has 20 heavy (non-hydrogen) atoms. The smallest absolute Gasteiger partial charge is 0.164 e. The summed E-state index contributed by atoms with van der Waals surface area (Å²) in [4.78, 5) is 12.2. The zero-order valence-electron chi connectivity index (χ0n) is 13.0. The number of Topliss-reactive ketones (excluding diaryl/α,β-unsaturated/α-hetero) is 1. The molecule has 1 atom stereocenters. The summed E-state index contributed by atoms with van der Waals surface area (Å²) in [7, 11) is 3.12. The number of carbonyl (C=O) groups is 1. The number of rotatable bonds is 6. The highest BCUT2D eigenvalue weighted by Crippen LogP contribution is 2.28. The summed E-state index contributed by atoms with van der Waals surface area (Å²) in [5, 5.41) is 0. The van der Waals surface area contributed by atoms with E-state index < -0.39 is 0 Å². The predicted molar refractivity (Wildman–Crippen MR) is 80.5 cm³/mol. The van der Waals surface area contributed by atoms with Crippen molar-refractivity contribution in [2.24, 2.45) is 11.1 Å². The third-order valence-electron chi connectivity index (χ3n) is 3.03. The first kappa shape index (κ1) is 16.5. The minimum Gasteiger partial charge on any atom is -0.493 e. The molecule has 0 aliphatic heterocycles. The van der Waals surface area contributed by atoms with Gasteiger partial charge in [-0.3, -0.25) is 4.79 Å². The van der Waals surface area contributed by atoms with Crippen molar-refractivity contribution in [2.75, 3.05) is 14.2 Å². The third kappa shape index (κ3) is 4.85. The first-order valence-corrected chi connectivity index (χ1v) is 6.77. The Balaban J connectivity index is 2.77. The van der Waals surface area contributed by atoms with Crippen LogP contribution in [0, 0.1) is 5.41 Å². The van der Waals surface area contributed by atoms with Gasteiger partial charge >= 0.3 is 0 Å². The lowest BCUT2D eigenvalue weighted by Gasteiger charge is -2.22. The van der Waals surface area contributed by atoms with Crippen molar-refractivity contribution >= 4 is 5.78 Å². The Morgan fingerprint density at radius 1 is 1.20 bits per heavy atom. The van der Waals surface area contributed by atoms with Gasteiger partial charge in [-0.1, -0.05) is 20.8 Å². The molecule has 0 fully saturated rings. The van der Waals surface area contributed by atoms with Gasteiger partial charge in [-0.25, -0.2) is 0 Å². The number of hydrogen-bond acceptors (Lipinski definition) is 4. The first-order chi connectivity index (χ1) is 9.26. The number of nitrogens with two attached hydrogens (primary N) is 1. The molecular formula is C16H25NO3. The Bertz CT molecular complexity index is 463. The maximum atomic E-state index is 12.2. The Morgan fingerprint density at radius 2 is 1.80 bits per heavy atom. The topological polar surface area (TPSA) is 61.5 Å². The molecule has 0 aromatic heterocycles. The zero-order chi connectivity index (χ0) is 15.3. The molecule has 112 valence electrons. The van der Waals surface area contributed by atoms with E-state index in [9.17, 15) is 4.79 Å². The maximum absolute atomic E-state index is 12.2. The molecule has 1 aromatic carbocycles. The molecule has 0 radical (unpaired) electrons. The van der Waals surface area contributed by atoms with Crippen LogP contribution in [0.3, 0.4) is 0 Å². The van der Waals surface area contributed by atoms with Gasteiger partial charge in [0.1, 0.15) is 0 Å². The van der Waals surface area contributed by atoms with Gasteiger partial charge in [-0.05, 0) is 30.0 Å². The van der Waals surface area contributed by atoms with E-state index >= 15 is 0 Å². The van der Waals surface area contributed by atoms with Gasteiger partial charge < -0.3 is 15.2 Å². The molecule has 2 N–H and O–H groups in total. The summed E-state index contributed by atoms with van der Waals surface area (Å²) in [6.45, 7) is 6.36. The largest absolute Gasteiger partial charge is 0.493 e. The second kappa shape index (κ2) is 6.75. The summed E-state index contributed by atoms with van der Waals surface area (Å²) in [5.74, 6) is 1.20. The highest BCUT2D eigenvalue weighted by Gasteiger charge is 2.19. The SMILES string of the molecule is COc1ccc(C(=O)CC(N)CC(C)(C)C)cc1OC. The lowest BCUT2D eigenvalue weighted by molar-refractivity contribution is 0.0968. The minimum atomic E-state index is -0.129. The number of hydrogen-bond donors (Lipinski definition) is 1. The third-order valence-corrected chi connectivity index (χ3v) is 3.03. The van der Waals surface area contributed by atoms with Crippen LogP contribution in [0.1, 0.15) is 44.0 Å². The predicted octanol–water partition coefficient (Wildman–Crippen LogP) is 3.04. The van der Waals surface area contributed by atoms with E-state index in [2.05, 4.69) is 20.8 Å². The van der Waals surface area contributed by atoms with Crippen molar-refractivity contribution < 1.29 is 14.3 Å². The normalized spacial score (nSPS) is 12.9. The number of ketones is 1. The van der Waals surface area contributed by atoms with Crippen molar-refractivity contribution in [1.29, 1.82) is 0 Å². The van der Waals surface area contributed by atoms with Gasteiger partial charge in [0.05, 0.1) is 14.2 Å². The summed E-state index contributed by atoms with van der Waals surface area (Å²) in [6, 6.07) is 5.05. The van der Waals surface area contributed by atoms with Crippen LogP contribution in [-0.2, 0) is 0 Å². The van der Waals surface area contributed by atoms with Crippen molar-refractivity contribution in [3.8, 4) is 11.5 Å². The zero-order valence-corrected chi connectivity index (χ0v) is 13.0. The quantitative estimate of drug-likeness (QED) is 0.813. The maximum Gasteiger partial charge on any atom is 0.164 e. The average Bonchev–Trinajstić information content (AvgIpc) is 2.35. The van der Waals surface area contributed by atoms with Gasteiger partial charge in [0.15, 0.2) is 17.3 Å². The summed E-state index contributed by atoms with van der Waals surface area (Å²) >= 11 is 0. The fraction of sp³-hybridized carbons (Fsp3) is 0.562. The van der Waals surface area contributed by atoms with E-state index in [-0.39, 0.29) is 17.2 Å². The van der Waals surface area contributed by atoms with Crippen LogP contribution in [0.2, 0.25) is 0 Å². The van der Waals surface area contributed by atoms with Crippen LogP contribution >= 0.6 is 0 Å². The second-order valence-corrected chi connectivity index (χ2v) is 6.22. The highest BCUT2D eigenvalue weighted by atomic mass is 16.5. The van der Waals surface area contributed by atoms with Gasteiger partial charge in [-0.2, -0.15) is 0 Å². The molecule has 0 aliphatic rings.